The highest BCUT2D eigenvalue weighted by Gasteiger charge is 2.35. The fraction of sp³-hybridized carbons (Fsp3) is 0.250. The molecular weight excluding hydrogens is 346 g/mol. The summed E-state index contributed by atoms with van der Waals surface area (Å²) in [6, 6.07) is 13.5. The largest absolute Gasteiger partial charge is 0.465 e. The van der Waals surface area contributed by atoms with Gasteiger partial charge in [-0.15, -0.1) is 0 Å². The highest BCUT2D eigenvalue weighted by molar-refractivity contribution is 5.87. The van der Waals surface area contributed by atoms with Gasteiger partial charge >= 0.3 is 5.97 Å². The second kappa shape index (κ2) is 6.85. The van der Waals surface area contributed by atoms with Crippen LogP contribution in [-0.2, 0) is 16.0 Å². The Morgan fingerprint density at radius 3 is 2.85 bits per heavy atom. The topological polar surface area (TPSA) is 97.3 Å². The van der Waals surface area contributed by atoms with Crippen molar-refractivity contribution in [3.63, 3.8) is 0 Å². The Balaban J connectivity index is 1.84. The molecule has 1 aliphatic heterocycles. The van der Waals surface area contributed by atoms with Gasteiger partial charge in [-0.2, -0.15) is 0 Å². The van der Waals surface area contributed by atoms with Crippen molar-refractivity contribution < 1.29 is 14.5 Å². The number of H-pyrrole nitrogens is 1. The molecule has 0 spiro atoms. The van der Waals surface area contributed by atoms with Crippen molar-refractivity contribution in [3.05, 3.63) is 75.5 Å². The smallest absolute Gasteiger partial charge is 0.323 e. The summed E-state index contributed by atoms with van der Waals surface area (Å²) in [5, 5.41) is 15.5. The molecule has 0 radical (unpaired) electrons. The molecule has 1 aromatic heterocycles. The SMILES string of the molecule is CCOC(=O)[C@@H]1Cc2c([nH]c3ccccc23)[C@H](c2cccc([N+](=O)[O-])c2)N1. The minimum atomic E-state index is -0.513. The van der Waals surface area contributed by atoms with Crippen molar-refractivity contribution in [2.75, 3.05) is 6.61 Å². The Morgan fingerprint density at radius 1 is 1.26 bits per heavy atom. The summed E-state index contributed by atoms with van der Waals surface area (Å²) in [6.07, 6.45) is 0.504. The molecule has 2 N–H and O–H groups in total. The third kappa shape index (κ3) is 3.06. The van der Waals surface area contributed by atoms with E-state index in [9.17, 15) is 14.9 Å². The van der Waals surface area contributed by atoms with Gasteiger partial charge < -0.3 is 9.72 Å². The van der Waals surface area contributed by atoms with Crippen LogP contribution in [0.1, 0.15) is 29.8 Å². The number of benzene rings is 2. The number of nitro benzene ring substituents is 1. The molecule has 27 heavy (non-hydrogen) atoms. The summed E-state index contributed by atoms with van der Waals surface area (Å²) in [7, 11) is 0. The van der Waals surface area contributed by atoms with Gasteiger partial charge in [-0.3, -0.25) is 20.2 Å². The van der Waals surface area contributed by atoms with Crippen molar-refractivity contribution in [2.45, 2.75) is 25.4 Å². The highest BCUT2D eigenvalue weighted by Crippen LogP contribution is 2.36. The maximum absolute atomic E-state index is 12.4. The molecule has 138 valence electrons. The van der Waals surface area contributed by atoms with Crippen molar-refractivity contribution >= 4 is 22.6 Å². The highest BCUT2D eigenvalue weighted by atomic mass is 16.6. The van der Waals surface area contributed by atoms with Crippen molar-refractivity contribution in [2.24, 2.45) is 0 Å². The summed E-state index contributed by atoms with van der Waals surface area (Å²) in [4.78, 5) is 26.6. The zero-order chi connectivity index (χ0) is 19.0. The number of carbonyl (C=O) groups is 1. The molecule has 2 heterocycles. The average molecular weight is 365 g/mol. The Kier molecular flexibility index (Phi) is 4.37. The number of rotatable bonds is 4. The molecule has 4 rings (SSSR count). The number of ether oxygens (including phenoxy) is 1. The van der Waals surface area contributed by atoms with Crippen molar-refractivity contribution in [1.82, 2.24) is 10.3 Å². The Morgan fingerprint density at radius 2 is 2.07 bits per heavy atom. The van der Waals surface area contributed by atoms with Crippen LogP contribution < -0.4 is 5.32 Å². The number of hydrogen-bond acceptors (Lipinski definition) is 5. The number of non-ortho nitro benzene ring substituents is 1. The first-order valence-electron chi connectivity index (χ1n) is 8.85. The first-order chi connectivity index (χ1) is 13.1. The first kappa shape index (κ1) is 17.2. The zero-order valence-corrected chi connectivity index (χ0v) is 14.8. The van der Waals surface area contributed by atoms with E-state index < -0.39 is 11.0 Å². The van der Waals surface area contributed by atoms with Crippen LogP contribution >= 0.6 is 0 Å². The lowest BCUT2D eigenvalue weighted by Gasteiger charge is -2.30. The van der Waals surface area contributed by atoms with Gasteiger partial charge in [0.25, 0.3) is 5.69 Å². The van der Waals surface area contributed by atoms with Crippen LogP contribution in [0.25, 0.3) is 10.9 Å². The first-order valence-corrected chi connectivity index (χ1v) is 8.85. The molecule has 2 atom stereocenters. The molecule has 7 nitrogen and oxygen atoms in total. The lowest BCUT2D eigenvalue weighted by molar-refractivity contribution is -0.384. The number of esters is 1. The van der Waals surface area contributed by atoms with E-state index in [2.05, 4.69) is 10.3 Å². The number of aromatic amines is 1. The van der Waals surface area contributed by atoms with Crippen LogP contribution in [0.3, 0.4) is 0 Å². The maximum atomic E-state index is 12.4. The molecular formula is C20H19N3O4. The lowest BCUT2D eigenvalue weighted by Crippen LogP contribution is -2.45. The second-order valence-electron chi connectivity index (χ2n) is 6.52. The molecule has 0 unspecified atom stereocenters. The number of nitrogens with one attached hydrogen (secondary N) is 2. The average Bonchev–Trinajstić information content (AvgIpc) is 3.06. The number of aromatic nitrogens is 1. The Hall–Kier alpha value is -3.19. The number of hydrogen-bond donors (Lipinski definition) is 2. The van der Waals surface area contributed by atoms with E-state index in [1.165, 1.54) is 6.07 Å². The van der Waals surface area contributed by atoms with Gasteiger partial charge in [-0.25, -0.2) is 0 Å². The standard InChI is InChI=1S/C20H19N3O4/c1-2-27-20(24)17-11-15-14-8-3-4-9-16(14)21-19(15)18(22-17)12-6-5-7-13(10-12)23(25)26/h3-10,17-18,21-22H,2,11H2,1H3/t17-,18-/m0/s1. The molecule has 0 bridgehead atoms. The third-order valence-corrected chi connectivity index (χ3v) is 4.90. The predicted octanol–water partition coefficient (Wildman–Crippen LogP) is 3.24. The van der Waals surface area contributed by atoms with Crippen molar-refractivity contribution in [1.29, 1.82) is 0 Å². The molecule has 0 saturated carbocycles. The number of nitro groups is 1. The van der Waals surface area contributed by atoms with Gasteiger partial charge in [0.1, 0.15) is 6.04 Å². The van der Waals surface area contributed by atoms with E-state index in [0.717, 1.165) is 27.7 Å². The van der Waals surface area contributed by atoms with Crippen LogP contribution in [0.5, 0.6) is 0 Å². The summed E-state index contributed by atoms with van der Waals surface area (Å²) in [6.45, 7) is 2.08. The van der Waals surface area contributed by atoms with E-state index in [0.29, 0.717) is 13.0 Å². The lowest BCUT2D eigenvalue weighted by atomic mass is 9.90. The fourth-order valence-electron chi connectivity index (χ4n) is 3.71. The fourth-order valence-corrected chi connectivity index (χ4v) is 3.71. The number of nitrogens with zero attached hydrogens (tertiary/aromatic N) is 1. The molecule has 3 aromatic rings. The second-order valence-corrected chi connectivity index (χ2v) is 6.52. The molecule has 2 aromatic carbocycles. The van der Waals surface area contributed by atoms with Gasteiger partial charge in [0.05, 0.1) is 17.6 Å². The van der Waals surface area contributed by atoms with Gasteiger partial charge in [0, 0.05) is 35.2 Å². The Labute approximate surface area is 155 Å². The number of fused-ring (bicyclic) bond motifs is 3. The third-order valence-electron chi connectivity index (χ3n) is 4.90. The normalized spacial score (nSPS) is 18.9. The number of para-hydroxylation sites is 1. The van der Waals surface area contributed by atoms with Crippen LogP contribution in [0.4, 0.5) is 5.69 Å². The van der Waals surface area contributed by atoms with Gasteiger partial charge in [0.15, 0.2) is 0 Å². The molecule has 7 heteroatoms. The van der Waals surface area contributed by atoms with Crippen molar-refractivity contribution in [3.8, 4) is 0 Å². The molecule has 0 fully saturated rings. The molecule has 1 aliphatic rings. The number of carbonyl (C=O) groups excluding carboxylic acids is 1. The van der Waals surface area contributed by atoms with Crippen LogP contribution in [-0.4, -0.2) is 28.5 Å². The molecule has 0 saturated heterocycles. The predicted molar refractivity (Wildman–Crippen MR) is 100 cm³/mol. The van der Waals surface area contributed by atoms with Gasteiger partial charge in [-0.05, 0) is 24.1 Å². The van der Waals surface area contributed by atoms with E-state index in [1.54, 1.807) is 19.1 Å². The quantitative estimate of drug-likeness (QED) is 0.420. The zero-order valence-electron chi connectivity index (χ0n) is 14.8. The van der Waals surface area contributed by atoms with Crippen LogP contribution in [0.15, 0.2) is 48.5 Å². The Bertz CT molecular complexity index is 1030. The molecule has 0 aliphatic carbocycles. The summed E-state index contributed by atoms with van der Waals surface area (Å²) in [5.41, 5.74) is 3.69. The summed E-state index contributed by atoms with van der Waals surface area (Å²) in [5.74, 6) is -0.316. The maximum Gasteiger partial charge on any atom is 0.323 e. The van der Waals surface area contributed by atoms with E-state index in [4.69, 9.17) is 4.74 Å². The summed E-state index contributed by atoms with van der Waals surface area (Å²) < 4.78 is 5.21. The van der Waals surface area contributed by atoms with Crippen LogP contribution in [0, 0.1) is 10.1 Å². The monoisotopic (exact) mass is 365 g/mol. The minimum Gasteiger partial charge on any atom is -0.465 e. The van der Waals surface area contributed by atoms with Gasteiger partial charge in [-0.1, -0.05) is 30.3 Å². The molecule has 0 amide bonds. The van der Waals surface area contributed by atoms with Gasteiger partial charge in [0.2, 0.25) is 0 Å². The van der Waals surface area contributed by atoms with E-state index >= 15 is 0 Å². The van der Waals surface area contributed by atoms with Crippen LogP contribution in [0.2, 0.25) is 0 Å². The minimum absolute atomic E-state index is 0.0187. The van der Waals surface area contributed by atoms with E-state index in [1.807, 2.05) is 30.3 Å². The summed E-state index contributed by atoms with van der Waals surface area (Å²) >= 11 is 0. The van der Waals surface area contributed by atoms with E-state index in [-0.39, 0.29) is 17.7 Å².